The van der Waals surface area contributed by atoms with Crippen molar-refractivity contribution in [2.24, 2.45) is 7.05 Å². The summed E-state index contributed by atoms with van der Waals surface area (Å²) < 4.78 is 60.1. The van der Waals surface area contributed by atoms with Crippen LogP contribution in [0.15, 0.2) is 57.9 Å². The fourth-order valence-electron chi connectivity index (χ4n) is 4.96. The molecule has 0 atom stereocenters. The van der Waals surface area contributed by atoms with Crippen LogP contribution in [0.4, 0.5) is 8.78 Å². The summed E-state index contributed by atoms with van der Waals surface area (Å²) in [4.78, 5) is 17.8. The maximum atomic E-state index is 14.4. The van der Waals surface area contributed by atoms with Gasteiger partial charge >= 0.3 is 0 Å². The molecule has 1 saturated heterocycles. The normalized spacial score (nSPS) is 16.4. The summed E-state index contributed by atoms with van der Waals surface area (Å²) in [5.74, 6) is -1.64. The highest BCUT2D eigenvalue weighted by Crippen LogP contribution is 2.40. The third-order valence-electron chi connectivity index (χ3n) is 7.07. The number of fused-ring (bicyclic) bond motifs is 1. The molecule has 0 bridgehead atoms. The highest BCUT2D eigenvalue weighted by atomic mass is 32.2. The summed E-state index contributed by atoms with van der Waals surface area (Å²) in [7, 11) is 0.164. The molecule has 1 aliphatic carbocycles. The Morgan fingerprint density at radius 2 is 1.66 bits per heavy atom. The lowest BCUT2D eigenvalue weighted by Gasteiger charge is -2.32. The van der Waals surface area contributed by atoms with E-state index in [1.807, 2.05) is 6.08 Å². The number of pyridine rings is 1. The van der Waals surface area contributed by atoms with E-state index in [4.69, 9.17) is 4.74 Å². The van der Waals surface area contributed by atoms with Crippen LogP contribution in [-0.4, -0.2) is 68.8 Å². The molecule has 38 heavy (non-hydrogen) atoms. The number of sulfone groups is 1. The second-order valence-corrected chi connectivity index (χ2v) is 12.0. The molecule has 3 aromatic rings. The SMILES string of the molecule is CN1CCN(CC2=Cc3c(-c4cc(S(C)(=O)=O)ccc4Oc4ccc(F)cc4F)cn(C)c(=O)c3C2)CC1. The number of piperazine rings is 1. The quantitative estimate of drug-likeness (QED) is 0.474. The number of benzene rings is 2. The van der Waals surface area contributed by atoms with E-state index in [1.165, 1.54) is 28.8 Å². The van der Waals surface area contributed by atoms with E-state index < -0.39 is 21.5 Å². The average molecular weight is 542 g/mol. The second kappa shape index (κ2) is 10.1. The van der Waals surface area contributed by atoms with Gasteiger partial charge in [0.2, 0.25) is 0 Å². The van der Waals surface area contributed by atoms with E-state index in [0.717, 1.165) is 56.7 Å². The minimum absolute atomic E-state index is 0.0571. The first-order chi connectivity index (χ1) is 18.0. The molecule has 1 aliphatic heterocycles. The van der Waals surface area contributed by atoms with Gasteiger partial charge in [0.1, 0.15) is 11.6 Å². The molecule has 0 saturated carbocycles. The lowest BCUT2D eigenvalue weighted by atomic mass is 9.98. The van der Waals surface area contributed by atoms with Crippen molar-refractivity contribution in [3.05, 3.63) is 81.3 Å². The van der Waals surface area contributed by atoms with Gasteiger partial charge in [0.15, 0.2) is 21.4 Å². The monoisotopic (exact) mass is 541 g/mol. The maximum Gasteiger partial charge on any atom is 0.254 e. The third-order valence-corrected chi connectivity index (χ3v) is 8.18. The molecule has 0 unspecified atom stereocenters. The molecule has 1 fully saturated rings. The van der Waals surface area contributed by atoms with Gasteiger partial charge < -0.3 is 14.2 Å². The lowest BCUT2D eigenvalue weighted by Crippen LogP contribution is -2.45. The van der Waals surface area contributed by atoms with Crippen LogP contribution in [0.2, 0.25) is 0 Å². The molecule has 0 amide bonds. The molecule has 0 N–H and O–H groups in total. The first kappa shape index (κ1) is 26.3. The van der Waals surface area contributed by atoms with E-state index in [9.17, 15) is 22.0 Å². The number of rotatable bonds is 6. The van der Waals surface area contributed by atoms with Crippen LogP contribution < -0.4 is 10.3 Å². The van der Waals surface area contributed by atoms with E-state index in [-0.39, 0.29) is 22.0 Å². The first-order valence-corrected chi connectivity index (χ1v) is 14.2. The van der Waals surface area contributed by atoms with Gasteiger partial charge in [0, 0.05) is 81.4 Å². The van der Waals surface area contributed by atoms with Gasteiger partial charge in [-0.25, -0.2) is 17.2 Å². The fourth-order valence-corrected chi connectivity index (χ4v) is 5.60. The van der Waals surface area contributed by atoms with Gasteiger partial charge in [0.05, 0.1) is 4.90 Å². The predicted octanol–water partition coefficient (Wildman–Crippen LogP) is 3.71. The van der Waals surface area contributed by atoms with Gasteiger partial charge in [-0.1, -0.05) is 11.6 Å². The summed E-state index contributed by atoms with van der Waals surface area (Å²) >= 11 is 0. The molecule has 2 aliphatic rings. The summed E-state index contributed by atoms with van der Waals surface area (Å²) in [6.07, 6.45) is 5.24. The average Bonchev–Trinajstić information content (AvgIpc) is 3.28. The molecule has 7 nitrogen and oxygen atoms in total. The van der Waals surface area contributed by atoms with E-state index in [2.05, 4.69) is 16.8 Å². The van der Waals surface area contributed by atoms with Gasteiger partial charge in [-0.05, 0) is 42.9 Å². The molecule has 2 heterocycles. The summed E-state index contributed by atoms with van der Waals surface area (Å²) in [5, 5.41) is 0. The number of halogens is 2. The summed E-state index contributed by atoms with van der Waals surface area (Å²) in [6, 6.07) is 7.29. The zero-order chi connectivity index (χ0) is 27.2. The third kappa shape index (κ3) is 5.29. The summed E-state index contributed by atoms with van der Waals surface area (Å²) in [6.45, 7) is 4.57. The van der Waals surface area contributed by atoms with Crippen LogP contribution in [0, 0.1) is 11.6 Å². The topological polar surface area (TPSA) is 71.9 Å². The molecule has 200 valence electrons. The minimum Gasteiger partial charge on any atom is -0.454 e. The standard InChI is InChI=1S/C28H29F2N3O4S/c1-31-8-10-33(11-9-31)16-18-12-21-23(13-18)28(34)32(2)17-24(21)22-15-20(38(3,35)36)5-7-26(22)37-27-6-4-19(29)14-25(27)30/h4-7,12,14-15,17H,8-11,13,16H2,1-3H3. The first-order valence-electron chi connectivity index (χ1n) is 12.3. The molecule has 0 radical (unpaired) electrons. The van der Waals surface area contributed by atoms with Gasteiger partial charge in [-0.15, -0.1) is 0 Å². The van der Waals surface area contributed by atoms with Crippen molar-refractivity contribution in [1.29, 1.82) is 0 Å². The molecular formula is C28H29F2N3O4S. The summed E-state index contributed by atoms with van der Waals surface area (Å²) in [5.41, 5.74) is 3.28. The van der Waals surface area contributed by atoms with Crippen molar-refractivity contribution >= 4 is 15.9 Å². The van der Waals surface area contributed by atoms with Crippen molar-refractivity contribution in [3.8, 4) is 22.6 Å². The van der Waals surface area contributed by atoms with Crippen LogP contribution in [0.5, 0.6) is 11.5 Å². The number of hydrogen-bond donors (Lipinski definition) is 0. The number of hydrogen-bond acceptors (Lipinski definition) is 6. The smallest absolute Gasteiger partial charge is 0.254 e. The zero-order valence-corrected chi connectivity index (χ0v) is 22.3. The molecule has 10 heteroatoms. The Labute approximate surface area is 220 Å². The predicted molar refractivity (Wildman–Crippen MR) is 142 cm³/mol. The Morgan fingerprint density at radius 1 is 0.947 bits per heavy atom. The highest BCUT2D eigenvalue weighted by molar-refractivity contribution is 7.90. The number of nitrogens with zero attached hydrogens (tertiary/aromatic N) is 3. The van der Waals surface area contributed by atoms with E-state index >= 15 is 0 Å². The van der Waals surface area contributed by atoms with Crippen LogP contribution in [0.1, 0.15) is 11.1 Å². The largest absolute Gasteiger partial charge is 0.454 e. The number of aromatic nitrogens is 1. The number of likely N-dealkylation sites (N-methyl/N-ethyl adjacent to an activating group) is 1. The fraction of sp³-hybridized carbons (Fsp3) is 0.321. The van der Waals surface area contributed by atoms with Crippen LogP contribution in [0.3, 0.4) is 0 Å². The van der Waals surface area contributed by atoms with Crippen molar-refractivity contribution < 1.29 is 21.9 Å². The second-order valence-electron chi connectivity index (χ2n) is 10.0. The van der Waals surface area contributed by atoms with Gasteiger partial charge in [0.25, 0.3) is 5.56 Å². The minimum atomic E-state index is -3.58. The Bertz CT molecular complexity index is 1610. The molecule has 5 rings (SSSR count). The maximum absolute atomic E-state index is 14.4. The highest BCUT2D eigenvalue weighted by Gasteiger charge is 2.26. The number of ether oxygens (including phenoxy) is 1. The van der Waals surface area contributed by atoms with Crippen molar-refractivity contribution in [2.75, 3.05) is 46.0 Å². The van der Waals surface area contributed by atoms with E-state index in [0.29, 0.717) is 28.7 Å². The Morgan fingerprint density at radius 3 is 2.34 bits per heavy atom. The zero-order valence-electron chi connectivity index (χ0n) is 21.5. The van der Waals surface area contributed by atoms with E-state index in [1.54, 1.807) is 13.2 Å². The lowest BCUT2D eigenvalue weighted by molar-refractivity contribution is 0.164. The van der Waals surface area contributed by atoms with Crippen LogP contribution >= 0.6 is 0 Å². The number of aryl methyl sites for hydroxylation is 1. The molecule has 0 spiro atoms. The van der Waals surface area contributed by atoms with Crippen molar-refractivity contribution in [1.82, 2.24) is 14.4 Å². The van der Waals surface area contributed by atoms with Gasteiger partial charge in [-0.3, -0.25) is 9.69 Å². The van der Waals surface area contributed by atoms with Crippen molar-refractivity contribution in [2.45, 2.75) is 11.3 Å². The molecule has 1 aromatic heterocycles. The molecular weight excluding hydrogens is 512 g/mol. The van der Waals surface area contributed by atoms with Crippen LogP contribution in [0.25, 0.3) is 17.2 Å². The Hall–Kier alpha value is -3.34. The van der Waals surface area contributed by atoms with Crippen LogP contribution in [-0.2, 0) is 23.3 Å². The molecule has 2 aromatic carbocycles. The Balaban J connectivity index is 1.61. The van der Waals surface area contributed by atoms with Gasteiger partial charge in [-0.2, -0.15) is 0 Å². The Kier molecular flexibility index (Phi) is 6.97. The van der Waals surface area contributed by atoms with Crippen molar-refractivity contribution in [3.63, 3.8) is 0 Å².